The van der Waals surface area contributed by atoms with Gasteiger partial charge in [-0.05, 0) is 65.8 Å². The van der Waals surface area contributed by atoms with Gasteiger partial charge in [-0.2, -0.15) is 9.61 Å². The van der Waals surface area contributed by atoms with Gasteiger partial charge < -0.3 is 15.3 Å². The molecular formula is C23H23Br2N5O. The molecule has 0 aliphatic heterocycles. The standard InChI is InChI=1S/C23H23Br2N5O/c1-29(15-16-7-9-17(24)10-8-16)12-4-11-26-22-13-20(18-5-2-3-6-21(18)31)28-23-19(25)14-27-30(22)23/h2-3,5-10,13-14,26,31H,4,11-12,15H2,1H3. The minimum Gasteiger partial charge on any atom is -0.507 e. The molecule has 0 saturated carbocycles. The fraction of sp³-hybridized carbons (Fsp3) is 0.217. The van der Waals surface area contributed by atoms with Crippen LogP contribution in [-0.4, -0.2) is 44.7 Å². The van der Waals surface area contributed by atoms with E-state index in [0.29, 0.717) is 16.9 Å². The van der Waals surface area contributed by atoms with Crippen LogP contribution in [0.15, 0.2) is 69.7 Å². The molecule has 2 N–H and O–H groups in total. The average molecular weight is 545 g/mol. The van der Waals surface area contributed by atoms with Crippen LogP contribution in [-0.2, 0) is 6.54 Å². The van der Waals surface area contributed by atoms with Crippen molar-refractivity contribution in [1.82, 2.24) is 19.5 Å². The summed E-state index contributed by atoms with van der Waals surface area (Å²) in [5.41, 5.74) is 3.39. The number of hydrogen-bond acceptors (Lipinski definition) is 5. The highest BCUT2D eigenvalue weighted by molar-refractivity contribution is 9.10. The topological polar surface area (TPSA) is 65.7 Å². The Balaban J connectivity index is 1.43. The molecule has 0 aliphatic rings. The number of anilines is 1. The second-order valence-electron chi connectivity index (χ2n) is 7.42. The first-order valence-corrected chi connectivity index (χ1v) is 11.6. The largest absolute Gasteiger partial charge is 0.507 e. The number of nitrogens with one attached hydrogen (secondary N) is 1. The van der Waals surface area contributed by atoms with Crippen LogP contribution in [0.4, 0.5) is 5.82 Å². The summed E-state index contributed by atoms with van der Waals surface area (Å²) in [4.78, 5) is 6.99. The van der Waals surface area contributed by atoms with Gasteiger partial charge in [-0.25, -0.2) is 4.98 Å². The summed E-state index contributed by atoms with van der Waals surface area (Å²) < 4.78 is 3.68. The number of aromatic nitrogens is 3. The molecule has 2 heterocycles. The predicted molar refractivity (Wildman–Crippen MR) is 131 cm³/mol. The number of aromatic hydroxyl groups is 1. The second-order valence-corrected chi connectivity index (χ2v) is 9.19. The van der Waals surface area contributed by atoms with Crippen molar-refractivity contribution in [3.63, 3.8) is 0 Å². The maximum absolute atomic E-state index is 10.3. The second kappa shape index (κ2) is 9.80. The highest BCUT2D eigenvalue weighted by Gasteiger charge is 2.13. The summed E-state index contributed by atoms with van der Waals surface area (Å²) >= 11 is 6.99. The Morgan fingerprint density at radius 3 is 2.65 bits per heavy atom. The van der Waals surface area contributed by atoms with Gasteiger partial charge in [0, 0.05) is 29.2 Å². The number of rotatable bonds is 8. The van der Waals surface area contributed by atoms with Gasteiger partial charge in [-0.15, -0.1) is 0 Å². The lowest BCUT2D eigenvalue weighted by Gasteiger charge is -2.17. The highest BCUT2D eigenvalue weighted by Crippen LogP contribution is 2.31. The number of phenolic OH excluding ortho intramolecular Hbond substituents is 1. The Hall–Kier alpha value is -2.42. The van der Waals surface area contributed by atoms with E-state index in [9.17, 15) is 5.11 Å². The zero-order valence-corrected chi connectivity index (χ0v) is 20.3. The van der Waals surface area contributed by atoms with Crippen LogP contribution in [0, 0.1) is 0 Å². The first-order chi connectivity index (χ1) is 15.0. The van der Waals surface area contributed by atoms with E-state index >= 15 is 0 Å². The Bertz CT molecular complexity index is 1180. The summed E-state index contributed by atoms with van der Waals surface area (Å²) in [6.45, 7) is 2.67. The van der Waals surface area contributed by atoms with E-state index in [0.717, 1.165) is 40.8 Å². The Morgan fingerprint density at radius 1 is 1.10 bits per heavy atom. The molecule has 0 radical (unpaired) electrons. The highest BCUT2D eigenvalue weighted by atomic mass is 79.9. The van der Waals surface area contributed by atoms with E-state index in [1.165, 1.54) is 5.56 Å². The zero-order valence-electron chi connectivity index (χ0n) is 17.1. The Labute approximate surface area is 198 Å². The van der Waals surface area contributed by atoms with Gasteiger partial charge in [-0.1, -0.05) is 40.2 Å². The lowest BCUT2D eigenvalue weighted by atomic mass is 10.1. The molecule has 2 aromatic carbocycles. The first kappa shape index (κ1) is 21.8. The van der Waals surface area contributed by atoms with E-state index < -0.39 is 0 Å². The summed E-state index contributed by atoms with van der Waals surface area (Å²) in [7, 11) is 2.13. The fourth-order valence-corrected chi connectivity index (χ4v) is 4.05. The first-order valence-electron chi connectivity index (χ1n) is 10.0. The lowest BCUT2D eigenvalue weighted by Crippen LogP contribution is -2.21. The SMILES string of the molecule is CN(CCCNc1cc(-c2ccccc2O)nc2c(Br)cnn12)Cc1ccc(Br)cc1. The van der Waals surface area contributed by atoms with E-state index in [-0.39, 0.29) is 5.75 Å². The van der Waals surface area contributed by atoms with E-state index in [1.807, 2.05) is 18.2 Å². The number of benzene rings is 2. The summed E-state index contributed by atoms with van der Waals surface area (Å²) in [6, 6.07) is 17.6. The van der Waals surface area contributed by atoms with Crippen molar-refractivity contribution in [3.8, 4) is 17.0 Å². The van der Waals surface area contributed by atoms with Crippen molar-refractivity contribution in [2.24, 2.45) is 0 Å². The Kier molecular flexibility index (Phi) is 6.89. The molecule has 4 rings (SSSR count). The molecule has 6 nitrogen and oxygen atoms in total. The minimum absolute atomic E-state index is 0.204. The van der Waals surface area contributed by atoms with E-state index in [2.05, 4.69) is 83.5 Å². The molecular weight excluding hydrogens is 522 g/mol. The van der Waals surface area contributed by atoms with Gasteiger partial charge in [0.15, 0.2) is 5.65 Å². The van der Waals surface area contributed by atoms with Gasteiger partial charge >= 0.3 is 0 Å². The van der Waals surface area contributed by atoms with Crippen LogP contribution in [0.1, 0.15) is 12.0 Å². The van der Waals surface area contributed by atoms with Crippen LogP contribution < -0.4 is 5.32 Å². The third kappa shape index (κ3) is 5.26. The number of para-hydroxylation sites is 1. The van der Waals surface area contributed by atoms with E-state index in [1.54, 1.807) is 22.8 Å². The molecule has 0 spiro atoms. The molecule has 0 aliphatic carbocycles. The van der Waals surface area contributed by atoms with Crippen molar-refractivity contribution in [1.29, 1.82) is 0 Å². The van der Waals surface area contributed by atoms with Crippen molar-refractivity contribution in [3.05, 3.63) is 75.3 Å². The van der Waals surface area contributed by atoms with Gasteiger partial charge in [-0.3, -0.25) is 0 Å². The van der Waals surface area contributed by atoms with Crippen molar-refractivity contribution >= 4 is 43.3 Å². The molecule has 2 aromatic heterocycles. The summed E-state index contributed by atoms with van der Waals surface area (Å²) in [6.07, 6.45) is 2.71. The monoisotopic (exact) mass is 543 g/mol. The Morgan fingerprint density at radius 2 is 1.87 bits per heavy atom. The quantitative estimate of drug-likeness (QED) is 0.284. The average Bonchev–Trinajstić information content (AvgIpc) is 3.14. The van der Waals surface area contributed by atoms with Gasteiger partial charge in [0.05, 0.1) is 16.4 Å². The minimum atomic E-state index is 0.204. The van der Waals surface area contributed by atoms with Gasteiger partial charge in [0.1, 0.15) is 11.6 Å². The smallest absolute Gasteiger partial charge is 0.172 e. The fourth-order valence-electron chi connectivity index (χ4n) is 3.44. The third-order valence-corrected chi connectivity index (χ3v) is 6.09. The molecule has 0 bridgehead atoms. The van der Waals surface area contributed by atoms with Crippen LogP contribution in [0.25, 0.3) is 16.9 Å². The number of nitrogens with zero attached hydrogens (tertiary/aromatic N) is 4. The molecule has 0 atom stereocenters. The van der Waals surface area contributed by atoms with Crippen LogP contribution in [0.2, 0.25) is 0 Å². The summed E-state index contributed by atoms with van der Waals surface area (Å²) in [5.74, 6) is 1.04. The number of fused-ring (bicyclic) bond motifs is 1. The molecule has 4 aromatic rings. The van der Waals surface area contributed by atoms with Crippen LogP contribution in [0.3, 0.4) is 0 Å². The molecule has 160 valence electrons. The van der Waals surface area contributed by atoms with E-state index in [4.69, 9.17) is 0 Å². The zero-order chi connectivity index (χ0) is 21.8. The molecule has 31 heavy (non-hydrogen) atoms. The number of phenols is 1. The lowest BCUT2D eigenvalue weighted by molar-refractivity contribution is 0.325. The number of hydrogen-bond donors (Lipinski definition) is 2. The summed E-state index contributed by atoms with van der Waals surface area (Å²) in [5, 5.41) is 18.2. The van der Waals surface area contributed by atoms with Crippen molar-refractivity contribution in [2.45, 2.75) is 13.0 Å². The van der Waals surface area contributed by atoms with Crippen LogP contribution >= 0.6 is 31.9 Å². The molecule has 8 heteroatoms. The van der Waals surface area contributed by atoms with Gasteiger partial charge in [0.25, 0.3) is 0 Å². The molecule has 0 unspecified atom stereocenters. The normalized spacial score (nSPS) is 11.4. The third-order valence-electron chi connectivity index (χ3n) is 5.00. The van der Waals surface area contributed by atoms with Crippen LogP contribution in [0.5, 0.6) is 5.75 Å². The van der Waals surface area contributed by atoms with Gasteiger partial charge in [0.2, 0.25) is 0 Å². The predicted octanol–water partition coefficient (Wildman–Crippen LogP) is 5.56. The maximum atomic E-state index is 10.3. The maximum Gasteiger partial charge on any atom is 0.172 e. The van der Waals surface area contributed by atoms with Crippen molar-refractivity contribution in [2.75, 3.05) is 25.5 Å². The van der Waals surface area contributed by atoms with Crippen molar-refractivity contribution < 1.29 is 5.11 Å². The molecule has 0 fully saturated rings. The molecule has 0 amide bonds. The number of halogens is 2. The molecule has 0 saturated heterocycles.